The maximum Gasteiger partial charge on any atom is 0.255 e. The summed E-state index contributed by atoms with van der Waals surface area (Å²) in [6.07, 6.45) is 0. The van der Waals surface area contributed by atoms with Crippen molar-refractivity contribution in [3.63, 3.8) is 0 Å². The van der Waals surface area contributed by atoms with Crippen LogP contribution in [-0.4, -0.2) is 27.8 Å². The minimum absolute atomic E-state index is 0.307. The van der Waals surface area contributed by atoms with Gasteiger partial charge in [-0.2, -0.15) is 4.98 Å². The van der Waals surface area contributed by atoms with Crippen LogP contribution >= 0.6 is 23.2 Å². The van der Waals surface area contributed by atoms with Gasteiger partial charge in [-0.15, -0.1) is 5.10 Å². The van der Waals surface area contributed by atoms with Gasteiger partial charge < -0.3 is 15.4 Å². The molecule has 182 valence electrons. The second-order valence-electron chi connectivity index (χ2n) is 8.47. The summed E-state index contributed by atoms with van der Waals surface area (Å²) < 4.78 is 7.12. The van der Waals surface area contributed by atoms with E-state index in [2.05, 4.69) is 10.6 Å². The van der Waals surface area contributed by atoms with E-state index in [1.807, 2.05) is 56.3 Å². The van der Waals surface area contributed by atoms with Crippen molar-refractivity contribution in [2.75, 3.05) is 17.7 Å². The molecule has 1 atom stereocenters. The molecule has 0 saturated carbocycles. The molecule has 1 aromatic heterocycles. The molecule has 5 rings (SSSR count). The molecule has 0 bridgehead atoms. The molecular weight excluding hydrogens is 497 g/mol. The topological polar surface area (TPSA) is 81.1 Å². The van der Waals surface area contributed by atoms with Crippen molar-refractivity contribution >= 4 is 40.7 Å². The smallest absolute Gasteiger partial charge is 0.255 e. The highest BCUT2D eigenvalue weighted by Gasteiger charge is 2.35. The van der Waals surface area contributed by atoms with Gasteiger partial charge in [0.2, 0.25) is 5.95 Å². The Bertz CT molecular complexity index is 1510. The lowest BCUT2D eigenvalue weighted by Gasteiger charge is -2.29. The Hall–Kier alpha value is -3.81. The Labute approximate surface area is 218 Å². The van der Waals surface area contributed by atoms with Crippen molar-refractivity contribution in [2.45, 2.75) is 19.9 Å². The Balaban J connectivity index is 1.62. The van der Waals surface area contributed by atoms with E-state index in [4.69, 9.17) is 38.0 Å². The number of hydrogen-bond donors (Lipinski definition) is 2. The fraction of sp³-hybridized carbons (Fsp3) is 0.148. The van der Waals surface area contributed by atoms with Crippen LogP contribution in [0.2, 0.25) is 10.0 Å². The highest BCUT2D eigenvalue weighted by atomic mass is 35.5. The van der Waals surface area contributed by atoms with Crippen LogP contribution in [0, 0.1) is 6.92 Å². The first kappa shape index (κ1) is 23.9. The molecule has 2 N–H and O–H groups in total. The number of aryl methyl sites for hydroxylation is 1. The van der Waals surface area contributed by atoms with E-state index in [0.717, 1.165) is 16.7 Å². The minimum atomic E-state index is -0.600. The first-order chi connectivity index (χ1) is 17.4. The zero-order valence-corrected chi connectivity index (χ0v) is 21.4. The van der Waals surface area contributed by atoms with Crippen molar-refractivity contribution in [1.82, 2.24) is 14.8 Å². The van der Waals surface area contributed by atoms with E-state index in [1.54, 1.807) is 36.1 Å². The number of allylic oxidation sites excluding steroid dienone is 1. The molecule has 0 saturated heterocycles. The van der Waals surface area contributed by atoms with Gasteiger partial charge in [0.1, 0.15) is 11.8 Å². The summed E-state index contributed by atoms with van der Waals surface area (Å²) in [5.41, 5.74) is 4.40. The summed E-state index contributed by atoms with van der Waals surface area (Å²) in [5, 5.41) is 11.9. The van der Waals surface area contributed by atoms with Crippen molar-refractivity contribution in [3.8, 4) is 17.1 Å². The molecule has 2 heterocycles. The number of carbonyl (C=O) groups excluding carboxylic acids is 1. The van der Waals surface area contributed by atoms with Crippen LogP contribution < -0.4 is 15.4 Å². The summed E-state index contributed by atoms with van der Waals surface area (Å²) in [6.45, 7) is 3.86. The van der Waals surface area contributed by atoms with Crippen molar-refractivity contribution in [1.29, 1.82) is 0 Å². The largest absolute Gasteiger partial charge is 0.495 e. The third-order valence-electron chi connectivity index (χ3n) is 5.99. The maximum atomic E-state index is 13.7. The second kappa shape index (κ2) is 9.68. The third-order valence-corrected chi connectivity index (χ3v) is 6.73. The molecule has 1 aliphatic rings. The van der Waals surface area contributed by atoms with Gasteiger partial charge in [-0.3, -0.25) is 4.79 Å². The normalized spacial score (nSPS) is 14.8. The standard InChI is InChI=1S/C27H23Cl2N5O2/c1-15-7-6-8-18(13-15)25-32-27-30-16(2)23(26(35)31-21-9-4-5-10-22(21)36-3)24(34(27)33-25)17-11-12-19(28)20(29)14-17/h4-14,24H,1-3H3,(H,31,35)(H,30,32,33). The van der Waals surface area contributed by atoms with Gasteiger partial charge in [0.15, 0.2) is 5.82 Å². The lowest BCUT2D eigenvalue weighted by molar-refractivity contribution is -0.113. The number of amides is 1. The van der Waals surface area contributed by atoms with Gasteiger partial charge in [0.25, 0.3) is 5.91 Å². The third kappa shape index (κ3) is 4.43. The average molecular weight is 520 g/mol. The predicted octanol–water partition coefficient (Wildman–Crippen LogP) is 6.50. The fourth-order valence-electron chi connectivity index (χ4n) is 4.28. The van der Waals surface area contributed by atoms with E-state index in [9.17, 15) is 4.79 Å². The molecule has 36 heavy (non-hydrogen) atoms. The first-order valence-corrected chi connectivity index (χ1v) is 12.0. The number of benzene rings is 3. The van der Waals surface area contributed by atoms with Crippen molar-refractivity contribution in [3.05, 3.63) is 99.2 Å². The number of anilines is 2. The zero-order chi connectivity index (χ0) is 25.4. The van der Waals surface area contributed by atoms with Gasteiger partial charge in [0.05, 0.1) is 28.4 Å². The van der Waals surface area contributed by atoms with Crippen molar-refractivity contribution in [2.24, 2.45) is 0 Å². The molecule has 1 amide bonds. The summed E-state index contributed by atoms with van der Waals surface area (Å²) in [4.78, 5) is 18.5. The van der Waals surface area contributed by atoms with E-state index < -0.39 is 6.04 Å². The highest BCUT2D eigenvalue weighted by Crippen LogP contribution is 2.39. The van der Waals surface area contributed by atoms with Crippen LogP contribution in [0.1, 0.15) is 24.1 Å². The van der Waals surface area contributed by atoms with E-state index in [1.165, 1.54) is 0 Å². The first-order valence-electron chi connectivity index (χ1n) is 11.3. The Kier molecular flexibility index (Phi) is 6.43. The van der Waals surface area contributed by atoms with Gasteiger partial charge >= 0.3 is 0 Å². The lowest BCUT2D eigenvalue weighted by atomic mass is 9.95. The predicted molar refractivity (Wildman–Crippen MR) is 143 cm³/mol. The molecule has 1 unspecified atom stereocenters. The van der Waals surface area contributed by atoms with Crippen LogP contribution in [0.5, 0.6) is 5.75 Å². The van der Waals surface area contributed by atoms with Gasteiger partial charge in [-0.05, 0) is 49.7 Å². The lowest BCUT2D eigenvalue weighted by Crippen LogP contribution is -2.31. The van der Waals surface area contributed by atoms with Crippen molar-refractivity contribution < 1.29 is 9.53 Å². The van der Waals surface area contributed by atoms with Gasteiger partial charge in [0, 0.05) is 11.3 Å². The Morgan fingerprint density at radius 3 is 2.58 bits per heavy atom. The number of methoxy groups -OCH3 is 1. The van der Waals surface area contributed by atoms with Gasteiger partial charge in [-0.1, -0.05) is 65.2 Å². The molecule has 7 nitrogen and oxygen atoms in total. The summed E-state index contributed by atoms with van der Waals surface area (Å²) in [6, 6.07) is 19.9. The molecule has 1 aliphatic heterocycles. The molecule has 0 aliphatic carbocycles. The molecule has 0 spiro atoms. The van der Waals surface area contributed by atoms with Crippen LogP contribution in [0.25, 0.3) is 11.4 Å². The summed E-state index contributed by atoms with van der Waals surface area (Å²) in [5.74, 6) is 1.32. The minimum Gasteiger partial charge on any atom is -0.495 e. The van der Waals surface area contributed by atoms with Crippen LogP contribution in [0.4, 0.5) is 11.6 Å². The summed E-state index contributed by atoms with van der Waals surface area (Å²) >= 11 is 12.6. The molecule has 9 heteroatoms. The number of halogens is 2. The number of para-hydroxylation sites is 2. The average Bonchev–Trinajstić information content (AvgIpc) is 3.29. The van der Waals surface area contributed by atoms with Gasteiger partial charge in [-0.25, -0.2) is 4.68 Å². The SMILES string of the molecule is COc1ccccc1NC(=O)C1=C(C)Nc2nc(-c3cccc(C)c3)nn2C1c1ccc(Cl)c(Cl)c1. The Morgan fingerprint density at radius 1 is 1.03 bits per heavy atom. The maximum absolute atomic E-state index is 13.7. The monoisotopic (exact) mass is 519 g/mol. The number of nitrogens with zero attached hydrogens (tertiary/aromatic N) is 3. The number of rotatable bonds is 5. The number of fused-ring (bicyclic) bond motifs is 1. The highest BCUT2D eigenvalue weighted by molar-refractivity contribution is 6.42. The molecule has 4 aromatic rings. The number of aromatic nitrogens is 3. The van der Waals surface area contributed by atoms with E-state index in [0.29, 0.717) is 44.5 Å². The number of ether oxygens (including phenoxy) is 1. The molecule has 0 fully saturated rings. The Morgan fingerprint density at radius 2 is 1.83 bits per heavy atom. The number of carbonyl (C=O) groups is 1. The fourth-order valence-corrected chi connectivity index (χ4v) is 4.59. The quantitative estimate of drug-likeness (QED) is 0.314. The van der Waals surface area contributed by atoms with Crippen LogP contribution in [0.15, 0.2) is 78.0 Å². The van der Waals surface area contributed by atoms with Crippen LogP contribution in [-0.2, 0) is 4.79 Å². The number of hydrogen-bond acceptors (Lipinski definition) is 5. The summed E-state index contributed by atoms with van der Waals surface area (Å²) in [7, 11) is 1.56. The second-order valence-corrected chi connectivity index (χ2v) is 9.28. The molecule has 3 aromatic carbocycles. The van der Waals surface area contributed by atoms with E-state index >= 15 is 0 Å². The van der Waals surface area contributed by atoms with E-state index in [-0.39, 0.29) is 5.91 Å². The number of nitrogens with one attached hydrogen (secondary N) is 2. The molecular formula is C27H23Cl2N5O2. The molecule has 0 radical (unpaired) electrons. The van der Waals surface area contributed by atoms with Crippen LogP contribution in [0.3, 0.4) is 0 Å². The zero-order valence-electron chi connectivity index (χ0n) is 19.8.